The zero-order chi connectivity index (χ0) is 22.0. The maximum absolute atomic E-state index is 12.6. The molecule has 0 amide bonds. The second kappa shape index (κ2) is 8.65. The van der Waals surface area contributed by atoms with Gasteiger partial charge in [-0.05, 0) is 36.8 Å². The lowest BCUT2D eigenvalue weighted by atomic mass is 10.00. The fraction of sp³-hybridized carbons (Fsp3) is 0.318. The van der Waals surface area contributed by atoms with Gasteiger partial charge < -0.3 is 20.5 Å². The monoisotopic (exact) mass is 423 g/mol. The van der Waals surface area contributed by atoms with Crippen LogP contribution in [-0.2, 0) is 4.74 Å². The first-order valence-electron chi connectivity index (χ1n) is 10.3. The van der Waals surface area contributed by atoms with Gasteiger partial charge in [0, 0.05) is 37.0 Å². The summed E-state index contributed by atoms with van der Waals surface area (Å²) in [6.07, 6.45) is 1.54. The number of aromatic hydroxyl groups is 1. The van der Waals surface area contributed by atoms with Gasteiger partial charge in [-0.1, -0.05) is 6.92 Å². The fourth-order valence-electron chi connectivity index (χ4n) is 3.82. The second-order valence-corrected chi connectivity index (χ2v) is 7.54. The quantitative estimate of drug-likeness (QED) is 0.341. The number of nitrogens with one attached hydrogen (secondary N) is 1. The third kappa shape index (κ3) is 4.04. The molecule has 1 fully saturated rings. The molecule has 6 N–H and O–H groups in total. The highest BCUT2D eigenvalue weighted by molar-refractivity contribution is 6.02. The lowest BCUT2D eigenvalue weighted by Crippen LogP contribution is -2.40. The number of morpholine rings is 1. The van der Waals surface area contributed by atoms with Crippen LogP contribution in [0.5, 0.6) is 5.75 Å². The van der Waals surface area contributed by atoms with Crippen LogP contribution in [0.1, 0.15) is 25.3 Å². The van der Waals surface area contributed by atoms with Gasteiger partial charge in [-0.15, -0.1) is 0 Å². The molecule has 9 heteroatoms. The van der Waals surface area contributed by atoms with Crippen LogP contribution in [0.3, 0.4) is 0 Å². The Hall–Kier alpha value is -3.59. The number of hydrogen-bond acceptors (Lipinski definition) is 6. The van der Waals surface area contributed by atoms with Crippen LogP contribution in [0.25, 0.3) is 17.1 Å². The van der Waals surface area contributed by atoms with E-state index >= 15 is 0 Å². The number of aromatic nitrogens is 3. The van der Waals surface area contributed by atoms with E-state index in [1.807, 2.05) is 31.2 Å². The molecule has 0 spiro atoms. The van der Waals surface area contributed by atoms with E-state index in [-0.39, 0.29) is 11.6 Å². The minimum atomic E-state index is -0.405. The van der Waals surface area contributed by atoms with Crippen LogP contribution in [0.2, 0.25) is 0 Å². The molecule has 1 saturated heterocycles. The number of ether oxygens (including phenoxy) is 1. The SMILES string of the molecule is CCCC(=[NH2+])c1cc(-c2n[nH]c(=O)n2-c2ccc(N3CCOCC3)cc2)c(O)cc1N. The second-order valence-electron chi connectivity index (χ2n) is 7.54. The van der Waals surface area contributed by atoms with Crippen molar-refractivity contribution < 1.29 is 15.3 Å². The van der Waals surface area contributed by atoms with Crippen LogP contribution in [0.4, 0.5) is 11.4 Å². The zero-order valence-corrected chi connectivity index (χ0v) is 17.5. The van der Waals surface area contributed by atoms with Crippen molar-refractivity contribution in [2.75, 3.05) is 36.9 Å². The number of H-pyrrole nitrogens is 1. The Labute approximate surface area is 179 Å². The molecule has 1 aliphatic heterocycles. The normalized spacial score (nSPS) is 14.0. The van der Waals surface area contributed by atoms with E-state index in [4.69, 9.17) is 15.9 Å². The summed E-state index contributed by atoms with van der Waals surface area (Å²) in [5.74, 6) is 0.211. The van der Waals surface area contributed by atoms with Gasteiger partial charge in [0.05, 0.1) is 30.0 Å². The predicted octanol–water partition coefficient (Wildman–Crippen LogP) is 0.700. The molecular weight excluding hydrogens is 396 g/mol. The number of benzene rings is 2. The molecule has 0 unspecified atom stereocenters. The van der Waals surface area contributed by atoms with Crippen LogP contribution in [0.15, 0.2) is 41.2 Å². The number of aromatic amines is 1. The standard InChI is InChI=1S/C22H26N6O3/c1-2-3-18(23)16-12-17(20(29)13-19(16)24)21-25-26-22(30)28(21)15-6-4-14(5-7-15)27-8-10-31-11-9-27/h4-7,12-13,23,29H,2-3,8-11,24H2,1H3,(H,26,30)/p+1. The maximum atomic E-state index is 12.6. The van der Waals surface area contributed by atoms with E-state index in [1.54, 1.807) is 6.07 Å². The first kappa shape index (κ1) is 20.7. The van der Waals surface area contributed by atoms with Gasteiger partial charge in [-0.2, -0.15) is 5.10 Å². The van der Waals surface area contributed by atoms with Gasteiger partial charge in [-0.25, -0.2) is 14.5 Å². The van der Waals surface area contributed by atoms with Crippen LogP contribution < -0.4 is 21.7 Å². The molecule has 3 aromatic rings. The highest BCUT2D eigenvalue weighted by atomic mass is 16.5. The van der Waals surface area contributed by atoms with Crippen LogP contribution in [-0.4, -0.2) is 51.9 Å². The Morgan fingerprint density at radius 3 is 2.58 bits per heavy atom. The highest BCUT2D eigenvalue weighted by Gasteiger charge is 2.21. The van der Waals surface area contributed by atoms with E-state index in [2.05, 4.69) is 15.1 Å². The van der Waals surface area contributed by atoms with Gasteiger partial charge in [0.25, 0.3) is 0 Å². The van der Waals surface area contributed by atoms with Gasteiger partial charge in [0.2, 0.25) is 0 Å². The summed E-state index contributed by atoms with van der Waals surface area (Å²) in [6, 6.07) is 10.8. The van der Waals surface area contributed by atoms with Crippen molar-refractivity contribution in [1.82, 2.24) is 14.8 Å². The van der Waals surface area contributed by atoms with Crippen molar-refractivity contribution in [3.8, 4) is 22.8 Å². The Morgan fingerprint density at radius 2 is 1.90 bits per heavy atom. The van der Waals surface area contributed by atoms with Gasteiger partial charge in [-0.3, -0.25) is 5.41 Å². The van der Waals surface area contributed by atoms with E-state index in [0.717, 1.165) is 25.2 Å². The van der Waals surface area contributed by atoms with Gasteiger partial charge >= 0.3 is 5.69 Å². The molecule has 9 nitrogen and oxygen atoms in total. The average molecular weight is 423 g/mol. The largest absolute Gasteiger partial charge is 0.507 e. The predicted molar refractivity (Wildman–Crippen MR) is 120 cm³/mol. The molecule has 31 heavy (non-hydrogen) atoms. The zero-order valence-electron chi connectivity index (χ0n) is 17.5. The summed E-state index contributed by atoms with van der Waals surface area (Å²) in [6.45, 7) is 5.08. The minimum absolute atomic E-state index is 0.0734. The molecule has 0 aliphatic carbocycles. The number of nitrogens with two attached hydrogens (primary N) is 2. The molecule has 0 atom stereocenters. The number of rotatable bonds is 6. The lowest BCUT2D eigenvalue weighted by molar-refractivity contribution is -0.115. The Balaban J connectivity index is 1.74. The van der Waals surface area contributed by atoms with Crippen molar-refractivity contribution in [2.24, 2.45) is 0 Å². The number of phenols is 1. The van der Waals surface area contributed by atoms with Crippen molar-refractivity contribution in [3.05, 3.63) is 52.4 Å². The maximum Gasteiger partial charge on any atom is 0.348 e. The summed E-state index contributed by atoms with van der Waals surface area (Å²) in [5.41, 5.74) is 9.38. The van der Waals surface area contributed by atoms with Crippen LogP contribution >= 0.6 is 0 Å². The van der Waals surface area contributed by atoms with Crippen LogP contribution in [0, 0.1) is 0 Å². The fourth-order valence-corrected chi connectivity index (χ4v) is 3.82. The Bertz CT molecular complexity index is 1140. The van der Waals surface area contributed by atoms with Crippen molar-refractivity contribution in [2.45, 2.75) is 19.8 Å². The molecule has 1 aliphatic rings. The van der Waals surface area contributed by atoms with Crippen molar-refractivity contribution in [1.29, 1.82) is 0 Å². The summed E-state index contributed by atoms with van der Waals surface area (Å²) in [4.78, 5) is 14.8. The third-order valence-electron chi connectivity index (χ3n) is 5.43. The van der Waals surface area contributed by atoms with Gasteiger partial charge in [0.1, 0.15) is 5.75 Å². The van der Waals surface area contributed by atoms with Crippen molar-refractivity contribution in [3.63, 3.8) is 0 Å². The summed E-state index contributed by atoms with van der Waals surface area (Å²) in [5, 5.41) is 23.4. The first-order chi connectivity index (χ1) is 15.0. The molecule has 0 radical (unpaired) electrons. The molecule has 162 valence electrons. The first-order valence-corrected chi connectivity index (χ1v) is 10.3. The number of nitrogens with zero attached hydrogens (tertiary/aromatic N) is 3. The van der Waals surface area contributed by atoms with E-state index in [9.17, 15) is 9.90 Å². The number of phenolic OH excluding ortho intramolecular Hbond substituents is 1. The molecule has 2 heterocycles. The molecule has 0 bridgehead atoms. The smallest absolute Gasteiger partial charge is 0.348 e. The summed E-state index contributed by atoms with van der Waals surface area (Å²) in [7, 11) is 0. The van der Waals surface area contributed by atoms with Crippen molar-refractivity contribution >= 4 is 17.1 Å². The van der Waals surface area contributed by atoms with Gasteiger partial charge in [0.15, 0.2) is 11.5 Å². The molecule has 1 aromatic heterocycles. The van der Waals surface area contributed by atoms with E-state index < -0.39 is 5.69 Å². The molecular formula is C22H27N6O3+. The Kier molecular flexibility index (Phi) is 5.77. The highest BCUT2D eigenvalue weighted by Crippen LogP contribution is 2.33. The molecule has 2 aromatic carbocycles. The topological polar surface area (TPSA) is 135 Å². The lowest BCUT2D eigenvalue weighted by Gasteiger charge is -2.28. The number of anilines is 2. The van der Waals surface area contributed by atoms with E-state index in [1.165, 1.54) is 10.6 Å². The Morgan fingerprint density at radius 1 is 1.23 bits per heavy atom. The number of hydrogen-bond donors (Lipinski definition) is 4. The molecule has 4 rings (SSSR count). The molecule has 0 saturated carbocycles. The minimum Gasteiger partial charge on any atom is -0.507 e. The average Bonchev–Trinajstić information content (AvgIpc) is 3.15. The summed E-state index contributed by atoms with van der Waals surface area (Å²) >= 11 is 0. The third-order valence-corrected chi connectivity index (χ3v) is 5.43. The number of nitrogen functional groups attached to an aromatic ring is 1. The summed E-state index contributed by atoms with van der Waals surface area (Å²) < 4.78 is 6.83. The van der Waals surface area contributed by atoms with E-state index in [0.29, 0.717) is 47.8 Å².